The summed E-state index contributed by atoms with van der Waals surface area (Å²) in [5.74, 6) is 0.454. The van der Waals surface area contributed by atoms with E-state index in [9.17, 15) is 0 Å². The van der Waals surface area contributed by atoms with E-state index in [4.69, 9.17) is 4.74 Å². The minimum atomic E-state index is 0.134. The van der Waals surface area contributed by atoms with Gasteiger partial charge in [0.05, 0.1) is 6.10 Å². The first-order chi connectivity index (χ1) is 9.94. The number of alkyl halides is 1. The van der Waals surface area contributed by atoms with Crippen molar-refractivity contribution < 1.29 is 4.74 Å². The fourth-order valence-corrected chi connectivity index (χ4v) is 3.35. The molecule has 0 N–H and O–H groups in total. The number of methoxy groups -OCH3 is 1. The first-order valence-electron chi connectivity index (χ1n) is 7.22. The van der Waals surface area contributed by atoms with Crippen molar-refractivity contribution >= 4 is 44.0 Å². The first kappa shape index (κ1) is 18.7. The normalized spacial score (nSPS) is 15.3. The Bertz CT molecular complexity index is 602. The van der Waals surface area contributed by atoms with Gasteiger partial charge in [0.2, 0.25) is 0 Å². The topological polar surface area (TPSA) is 9.23 Å². The maximum absolute atomic E-state index is 5.60. The summed E-state index contributed by atoms with van der Waals surface area (Å²) in [5.41, 5.74) is 2.60. The molecule has 0 aliphatic heterocycles. The molecule has 0 fully saturated rings. The van der Waals surface area contributed by atoms with Crippen molar-refractivity contribution in [1.82, 2.24) is 0 Å². The van der Waals surface area contributed by atoms with Crippen LogP contribution in [-0.2, 0) is 4.74 Å². The van der Waals surface area contributed by atoms with E-state index in [0.717, 1.165) is 21.4 Å². The lowest BCUT2D eigenvalue weighted by Crippen LogP contribution is -2.27. The van der Waals surface area contributed by atoms with Crippen molar-refractivity contribution in [2.24, 2.45) is 5.92 Å². The minimum Gasteiger partial charge on any atom is -0.377 e. The third-order valence-corrected chi connectivity index (χ3v) is 4.65. The van der Waals surface area contributed by atoms with Gasteiger partial charge in [-0.25, -0.2) is 0 Å². The Balaban J connectivity index is 3.51. The molecule has 0 saturated heterocycles. The molecule has 1 rings (SSSR count). The Morgan fingerprint density at radius 2 is 2.05 bits per heavy atom. The molecular weight excluding hydrogens is 392 g/mol. The van der Waals surface area contributed by atoms with E-state index in [1.807, 2.05) is 12.1 Å². The van der Waals surface area contributed by atoms with Crippen molar-refractivity contribution in [1.29, 1.82) is 0 Å². The number of halogens is 2. The van der Waals surface area contributed by atoms with Crippen LogP contribution < -0.4 is 10.4 Å². The molecule has 3 heteroatoms. The van der Waals surface area contributed by atoms with Crippen LogP contribution in [0.2, 0.25) is 0 Å². The largest absolute Gasteiger partial charge is 0.377 e. The highest BCUT2D eigenvalue weighted by Gasteiger charge is 2.12. The predicted octanol–water partition coefficient (Wildman–Crippen LogP) is 4.41. The molecule has 1 aromatic rings. The molecule has 0 aliphatic rings. The average molecular weight is 416 g/mol. The second kappa shape index (κ2) is 8.92. The zero-order chi connectivity index (χ0) is 16.0. The van der Waals surface area contributed by atoms with Gasteiger partial charge < -0.3 is 4.74 Å². The average Bonchev–Trinajstić information content (AvgIpc) is 2.46. The molecule has 0 spiro atoms. The second-order valence-corrected chi connectivity index (χ2v) is 6.88. The lowest BCUT2D eigenvalue weighted by atomic mass is 9.96. The van der Waals surface area contributed by atoms with E-state index in [2.05, 4.69) is 71.4 Å². The Morgan fingerprint density at radius 3 is 2.52 bits per heavy atom. The Labute approximate surface area is 145 Å². The van der Waals surface area contributed by atoms with Gasteiger partial charge in [-0.05, 0) is 46.1 Å². The van der Waals surface area contributed by atoms with Gasteiger partial charge >= 0.3 is 0 Å². The molecule has 0 radical (unpaired) electrons. The van der Waals surface area contributed by atoms with Gasteiger partial charge in [-0.2, -0.15) is 0 Å². The number of hydrogen-bond acceptors (Lipinski definition) is 1. The van der Waals surface area contributed by atoms with Crippen molar-refractivity contribution in [3.05, 3.63) is 44.8 Å². The van der Waals surface area contributed by atoms with E-state index in [0.29, 0.717) is 5.92 Å². The van der Waals surface area contributed by atoms with Gasteiger partial charge in [0.1, 0.15) is 0 Å². The van der Waals surface area contributed by atoms with Crippen LogP contribution in [0.4, 0.5) is 0 Å². The molecule has 21 heavy (non-hydrogen) atoms. The number of allylic oxidation sites excluding steroid dienone is 1. The van der Waals surface area contributed by atoms with Gasteiger partial charge in [0, 0.05) is 16.9 Å². The molecule has 0 amide bonds. The molecule has 0 aromatic heterocycles. The lowest BCUT2D eigenvalue weighted by molar-refractivity contribution is 0.103. The van der Waals surface area contributed by atoms with E-state index in [1.54, 1.807) is 7.11 Å². The number of hydrogen-bond donors (Lipinski definition) is 0. The van der Waals surface area contributed by atoms with Gasteiger partial charge in [0.25, 0.3) is 0 Å². The molecular formula is C18H24Br2O. The van der Waals surface area contributed by atoms with E-state index < -0.39 is 0 Å². The number of ether oxygens (including phenoxy) is 1. The maximum atomic E-state index is 5.60. The highest BCUT2D eigenvalue weighted by Crippen LogP contribution is 2.20. The molecule has 1 aromatic carbocycles. The van der Waals surface area contributed by atoms with Crippen LogP contribution >= 0.6 is 31.9 Å². The SMILES string of the molecule is C=c1ccc(Br)c/c1=C(CBr)/C(=C/C(OC)C(C)C)CC. The van der Waals surface area contributed by atoms with Crippen LogP contribution in [0.5, 0.6) is 0 Å². The van der Waals surface area contributed by atoms with Crippen LogP contribution in [0.3, 0.4) is 0 Å². The summed E-state index contributed by atoms with van der Waals surface area (Å²) in [4.78, 5) is 0. The highest BCUT2D eigenvalue weighted by molar-refractivity contribution is 9.10. The third-order valence-electron chi connectivity index (χ3n) is 3.59. The van der Waals surface area contributed by atoms with Crippen LogP contribution in [0.15, 0.2) is 34.3 Å². The number of benzene rings is 1. The van der Waals surface area contributed by atoms with Crippen molar-refractivity contribution in [2.45, 2.75) is 33.3 Å². The van der Waals surface area contributed by atoms with Crippen molar-refractivity contribution in [3.8, 4) is 0 Å². The molecule has 0 saturated carbocycles. The van der Waals surface area contributed by atoms with Crippen LogP contribution in [0, 0.1) is 5.92 Å². The Morgan fingerprint density at radius 1 is 1.38 bits per heavy atom. The van der Waals surface area contributed by atoms with Gasteiger partial charge in [-0.3, -0.25) is 0 Å². The lowest BCUT2D eigenvalue weighted by Gasteiger charge is -2.18. The highest BCUT2D eigenvalue weighted by atomic mass is 79.9. The summed E-state index contributed by atoms with van der Waals surface area (Å²) >= 11 is 7.19. The summed E-state index contributed by atoms with van der Waals surface area (Å²) in [5, 5.41) is 3.04. The fraction of sp³-hybridized carbons (Fsp3) is 0.444. The molecule has 1 unspecified atom stereocenters. The first-order valence-corrected chi connectivity index (χ1v) is 9.13. The summed E-state index contributed by atoms with van der Waals surface area (Å²) in [7, 11) is 1.77. The van der Waals surface area contributed by atoms with Crippen LogP contribution in [-0.4, -0.2) is 18.5 Å². The Kier molecular flexibility index (Phi) is 7.93. The van der Waals surface area contributed by atoms with Crippen LogP contribution in [0.1, 0.15) is 27.2 Å². The third kappa shape index (κ3) is 5.08. The fourth-order valence-electron chi connectivity index (χ4n) is 2.32. The zero-order valence-corrected chi connectivity index (χ0v) is 16.4. The van der Waals surface area contributed by atoms with Gasteiger partial charge in [-0.1, -0.05) is 71.4 Å². The van der Waals surface area contributed by atoms with Gasteiger partial charge in [0.15, 0.2) is 0 Å². The molecule has 116 valence electrons. The molecule has 0 heterocycles. The van der Waals surface area contributed by atoms with Crippen molar-refractivity contribution in [2.75, 3.05) is 12.4 Å². The predicted molar refractivity (Wildman–Crippen MR) is 100 cm³/mol. The smallest absolute Gasteiger partial charge is 0.0780 e. The second-order valence-electron chi connectivity index (χ2n) is 5.40. The summed E-state index contributed by atoms with van der Waals surface area (Å²) in [6.07, 6.45) is 3.36. The molecule has 1 atom stereocenters. The minimum absolute atomic E-state index is 0.134. The van der Waals surface area contributed by atoms with E-state index in [-0.39, 0.29) is 6.10 Å². The summed E-state index contributed by atoms with van der Waals surface area (Å²) in [6, 6.07) is 6.21. The Hall–Kier alpha value is -0.380. The van der Waals surface area contributed by atoms with Crippen molar-refractivity contribution in [3.63, 3.8) is 0 Å². The summed E-state index contributed by atoms with van der Waals surface area (Å²) in [6.45, 7) is 10.7. The van der Waals surface area contributed by atoms with E-state index in [1.165, 1.54) is 16.4 Å². The monoisotopic (exact) mass is 414 g/mol. The van der Waals surface area contributed by atoms with E-state index >= 15 is 0 Å². The molecule has 0 bridgehead atoms. The van der Waals surface area contributed by atoms with Crippen LogP contribution in [0.25, 0.3) is 12.2 Å². The number of rotatable bonds is 6. The van der Waals surface area contributed by atoms with Gasteiger partial charge in [-0.15, -0.1) is 0 Å². The summed E-state index contributed by atoms with van der Waals surface area (Å²) < 4.78 is 6.67. The quantitative estimate of drug-likeness (QED) is 0.625. The standard InChI is InChI=1S/C18H24Br2O/c1-6-14(9-18(21-5)12(2)3)17(11-19)16-10-15(20)8-7-13(16)4/h7-10,12,18H,4,6,11H2,1-3,5H3/b14-9+,17-16-. The molecule has 0 aliphatic carbocycles. The maximum Gasteiger partial charge on any atom is 0.0780 e. The zero-order valence-electron chi connectivity index (χ0n) is 13.2. The molecule has 1 nitrogen and oxygen atoms in total.